The van der Waals surface area contributed by atoms with Gasteiger partial charge in [0.2, 0.25) is 0 Å². The summed E-state index contributed by atoms with van der Waals surface area (Å²) in [5, 5.41) is 0. The van der Waals surface area contributed by atoms with Crippen molar-refractivity contribution < 1.29 is 22.3 Å². The van der Waals surface area contributed by atoms with Gasteiger partial charge in [-0.1, -0.05) is 17.8 Å². The number of ether oxygens (including phenoxy) is 1. The van der Waals surface area contributed by atoms with E-state index in [1.54, 1.807) is 24.5 Å². The molecule has 0 aromatic heterocycles. The Kier molecular flexibility index (Phi) is 7.96. The average Bonchev–Trinajstić information content (AvgIpc) is 2.68. The molecule has 0 amide bonds. The van der Waals surface area contributed by atoms with Gasteiger partial charge >= 0.3 is 12.3 Å². The molecule has 2 aromatic rings. The van der Waals surface area contributed by atoms with Crippen molar-refractivity contribution >= 4 is 23.8 Å². The quantitative estimate of drug-likeness (QED) is 0.264. The summed E-state index contributed by atoms with van der Waals surface area (Å²) in [6.07, 6.45) is -1.98. The molecule has 2 aromatic carbocycles. The number of benzene rings is 2. The van der Waals surface area contributed by atoms with Crippen molar-refractivity contribution in [3.05, 3.63) is 47.5 Å². The third-order valence-corrected chi connectivity index (χ3v) is 5.32. The maximum absolute atomic E-state index is 13.1. The van der Waals surface area contributed by atoms with Crippen LogP contribution in [0.1, 0.15) is 18.1 Å². The Hall–Kier alpha value is -2.22. The minimum Gasteiger partial charge on any atom is -0.487 e. The van der Waals surface area contributed by atoms with E-state index in [9.17, 15) is 17.6 Å². The van der Waals surface area contributed by atoms with Crippen molar-refractivity contribution in [1.29, 1.82) is 0 Å². The molecule has 0 heterocycles. The van der Waals surface area contributed by atoms with Gasteiger partial charge < -0.3 is 9.64 Å². The lowest BCUT2D eigenvalue weighted by Crippen LogP contribution is -2.33. The number of alkyl halides is 4. The Bertz CT molecular complexity index is 859. The number of hydrogen-bond donors (Lipinski definition) is 0. The Balaban J connectivity index is 2.14. The SMILES string of the molecule is CCN(C)C=Nc1cc(C)c(Sc2cccc(OCC(F)(F)C(F)F)c2)cc1C. The summed E-state index contributed by atoms with van der Waals surface area (Å²) < 4.78 is 55.5. The molecule has 2 rings (SSSR count). The summed E-state index contributed by atoms with van der Waals surface area (Å²) >= 11 is 1.44. The molecule has 0 aliphatic heterocycles. The second-order valence-corrected chi connectivity index (χ2v) is 7.76. The summed E-state index contributed by atoms with van der Waals surface area (Å²) in [5.74, 6) is -4.06. The molecular weight excluding hydrogens is 404 g/mol. The van der Waals surface area contributed by atoms with Gasteiger partial charge in [0.05, 0.1) is 12.0 Å². The summed E-state index contributed by atoms with van der Waals surface area (Å²) in [5.41, 5.74) is 2.89. The average molecular weight is 428 g/mol. The van der Waals surface area contributed by atoms with Gasteiger partial charge in [-0.2, -0.15) is 8.78 Å². The van der Waals surface area contributed by atoms with Crippen LogP contribution in [-0.2, 0) is 0 Å². The lowest BCUT2D eigenvalue weighted by atomic mass is 10.1. The number of rotatable bonds is 9. The highest BCUT2D eigenvalue weighted by atomic mass is 32.2. The van der Waals surface area contributed by atoms with Crippen LogP contribution in [0.25, 0.3) is 0 Å². The van der Waals surface area contributed by atoms with Crippen LogP contribution in [-0.4, -0.2) is 43.8 Å². The lowest BCUT2D eigenvalue weighted by Gasteiger charge is -2.16. The first-order valence-corrected chi connectivity index (χ1v) is 9.86. The Morgan fingerprint density at radius 1 is 1.17 bits per heavy atom. The molecule has 0 N–H and O–H groups in total. The van der Waals surface area contributed by atoms with Crippen molar-refractivity contribution in [2.24, 2.45) is 4.99 Å². The largest absolute Gasteiger partial charge is 0.487 e. The zero-order chi connectivity index (χ0) is 21.6. The van der Waals surface area contributed by atoms with Gasteiger partial charge in [-0.15, -0.1) is 0 Å². The minimum absolute atomic E-state index is 0.119. The molecule has 0 fully saturated rings. The summed E-state index contributed by atoms with van der Waals surface area (Å²) in [7, 11) is 1.95. The highest BCUT2D eigenvalue weighted by Crippen LogP contribution is 2.36. The van der Waals surface area contributed by atoms with E-state index in [2.05, 4.69) is 4.99 Å². The van der Waals surface area contributed by atoms with Gasteiger partial charge in [-0.05, 0) is 62.2 Å². The Morgan fingerprint density at radius 3 is 2.55 bits per heavy atom. The van der Waals surface area contributed by atoms with Gasteiger partial charge in [0, 0.05) is 23.4 Å². The third kappa shape index (κ3) is 6.66. The molecule has 3 nitrogen and oxygen atoms in total. The first-order chi connectivity index (χ1) is 13.6. The number of hydrogen-bond acceptors (Lipinski definition) is 3. The second-order valence-electron chi connectivity index (χ2n) is 6.65. The highest BCUT2D eigenvalue weighted by Gasteiger charge is 2.41. The van der Waals surface area contributed by atoms with E-state index in [0.717, 1.165) is 33.2 Å². The van der Waals surface area contributed by atoms with E-state index in [1.807, 2.05) is 44.9 Å². The number of aliphatic imine (C=N–C) groups is 1. The van der Waals surface area contributed by atoms with E-state index < -0.39 is 19.0 Å². The van der Waals surface area contributed by atoms with Crippen LogP contribution in [0.15, 0.2) is 51.2 Å². The normalized spacial score (nSPS) is 12.0. The fourth-order valence-electron chi connectivity index (χ4n) is 2.26. The number of nitrogens with zero attached hydrogens (tertiary/aromatic N) is 2. The van der Waals surface area contributed by atoms with Crippen molar-refractivity contribution in [3.63, 3.8) is 0 Å². The topological polar surface area (TPSA) is 24.8 Å². The maximum atomic E-state index is 13.1. The standard InChI is InChI=1S/C21H24F4N2OS/c1-5-27(4)13-26-18-9-15(3)19(10-14(18)2)29-17-8-6-7-16(11-17)28-12-21(24,25)20(22)23/h6-11,13,20H,5,12H2,1-4H3. The van der Waals surface area contributed by atoms with Crippen LogP contribution in [0.3, 0.4) is 0 Å². The van der Waals surface area contributed by atoms with Crippen molar-refractivity contribution in [1.82, 2.24) is 4.90 Å². The highest BCUT2D eigenvalue weighted by molar-refractivity contribution is 7.99. The van der Waals surface area contributed by atoms with Crippen LogP contribution < -0.4 is 4.74 Å². The molecule has 0 unspecified atom stereocenters. The van der Waals surface area contributed by atoms with Crippen LogP contribution in [0.2, 0.25) is 0 Å². The van der Waals surface area contributed by atoms with Gasteiger partial charge in [-0.25, -0.2) is 13.8 Å². The van der Waals surface area contributed by atoms with E-state index in [0.29, 0.717) is 0 Å². The monoisotopic (exact) mass is 428 g/mol. The minimum atomic E-state index is -4.18. The van der Waals surface area contributed by atoms with Gasteiger partial charge in [-0.3, -0.25) is 0 Å². The molecule has 29 heavy (non-hydrogen) atoms. The molecule has 0 saturated carbocycles. The summed E-state index contributed by atoms with van der Waals surface area (Å²) in [4.78, 5) is 8.22. The first-order valence-electron chi connectivity index (χ1n) is 9.04. The predicted octanol–water partition coefficient (Wildman–Crippen LogP) is 6.35. The molecule has 0 atom stereocenters. The molecule has 0 aliphatic rings. The van der Waals surface area contributed by atoms with Crippen LogP contribution in [0, 0.1) is 13.8 Å². The first kappa shape index (κ1) is 23.1. The molecule has 158 valence electrons. The van der Waals surface area contributed by atoms with E-state index in [1.165, 1.54) is 17.8 Å². The molecular formula is C21H24F4N2OS. The van der Waals surface area contributed by atoms with Crippen LogP contribution in [0.4, 0.5) is 23.2 Å². The van der Waals surface area contributed by atoms with Crippen molar-refractivity contribution in [2.75, 3.05) is 20.2 Å². The lowest BCUT2D eigenvalue weighted by molar-refractivity contribution is -0.148. The molecule has 0 radical (unpaired) electrons. The maximum Gasteiger partial charge on any atom is 0.340 e. The zero-order valence-corrected chi connectivity index (χ0v) is 17.6. The van der Waals surface area contributed by atoms with Crippen molar-refractivity contribution in [3.8, 4) is 5.75 Å². The summed E-state index contributed by atoms with van der Waals surface area (Å²) in [6.45, 7) is 5.46. The van der Waals surface area contributed by atoms with Gasteiger partial charge in [0.15, 0.2) is 6.61 Å². The number of halogens is 4. The summed E-state index contributed by atoms with van der Waals surface area (Å²) in [6, 6.07) is 10.5. The molecule has 0 bridgehead atoms. The number of aryl methyl sites for hydroxylation is 2. The third-order valence-electron chi connectivity index (χ3n) is 4.17. The van der Waals surface area contributed by atoms with Gasteiger partial charge in [0.25, 0.3) is 0 Å². The fourth-order valence-corrected chi connectivity index (χ4v) is 3.29. The smallest absolute Gasteiger partial charge is 0.340 e. The molecule has 0 saturated heterocycles. The fraction of sp³-hybridized carbons (Fsp3) is 0.381. The zero-order valence-electron chi connectivity index (χ0n) is 16.8. The van der Waals surface area contributed by atoms with E-state index in [-0.39, 0.29) is 5.75 Å². The molecule has 0 spiro atoms. The van der Waals surface area contributed by atoms with Crippen LogP contribution in [0.5, 0.6) is 5.75 Å². The Morgan fingerprint density at radius 2 is 1.90 bits per heavy atom. The molecule has 0 aliphatic carbocycles. The predicted molar refractivity (Wildman–Crippen MR) is 109 cm³/mol. The van der Waals surface area contributed by atoms with Gasteiger partial charge in [0.1, 0.15) is 5.75 Å². The second kappa shape index (κ2) is 10.0. The van der Waals surface area contributed by atoms with Crippen LogP contribution >= 0.6 is 11.8 Å². The van der Waals surface area contributed by atoms with Crippen molar-refractivity contribution in [2.45, 2.75) is 42.9 Å². The van der Waals surface area contributed by atoms with E-state index in [4.69, 9.17) is 4.74 Å². The molecule has 8 heteroatoms. The Labute approximate surface area is 172 Å². The van der Waals surface area contributed by atoms with E-state index >= 15 is 0 Å².